The molecular formula is C18H22N6O2. The predicted molar refractivity (Wildman–Crippen MR) is 96.7 cm³/mol. The molecule has 8 nitrogen and oxygen atoms in total. The second-order valence-electron chi connectivity index (χ2n) is 6.94. The molecule has 0 bridgehead atoms. The van der Waals surface area contributed by atoms with Crippen molar-refractivity contribution >= 4 is 16.8 Å². The van der Waals surface area contributed by atoms with Crippen molar-refractivity contribution in [2.75, 3.05) is 6.54 Å². The fraction of sp³-hybridized carbons (Fsp3) is 0.444. The monoisotopic (exact) mass is 354 g/mol. The Labute approximate surface area is 151 Å². The highest BCUT2D eigenvalue weighted by atomic mass is 16.5. The van der Waals surface area contributed by atoms with Crippen LogP contribution in [0.3, 0.4) is 0 Å². The first kappa shape index (κ1) is 16.6. The Hall–Kier alpha value is -2.90. The van der Waals surface area contributed by atoms with E-state index in [-0.39, 0.29) is 17.9 Å². The van der Waals surface area contributed by atoms with Crippen LogP contribution in [0.15, 0.2) is 18.5 Å². The lowest BCUT2D eigenvalue weighted by Crippen LogP contribution is -2.26. The van der Waals surface area contributed by atoms with Gasteiger partial charge in [-0.1, -0.05) is 0 Å². The van der Waals surface area contributed by atoms with Gasteiger partial charge in [0.05, 0.1) is 22.3 Å². The smallest absolute Gasteiger partial charge is 0.225 e. The van der Waals surface area contributed by atoms with Gasteiger partial charge in [0, 0.05) is 50.9 Å². The van der Waals surface area contributed by atoms with E-state index in [1.807, 2.05) is 46.4 Å². The van der Waals surface area contributed by atoms with Gasteiger partial charge in [0.15, 0.2) is 0 Å². The third-order valence-corrected chi connectivity index (χ3v) is 4.84. The number of rotatable bonds is 4. The molecule has 1 amide bonds. The first-order valence-corrected chi connectivity index (χ1v) is 8.69. The third kappa shape index (κ3) is 2.91. The summed E-state index contributed by atoms with van der Waals surface area (Å²) in [7, 11) is 3.77. The van der Waals surface area contributed by atoms with E-state index in [1.54, 1.807) is 9.36 Å². The standard InChI is InChI=1S/C18H22N6O2/c1-10-13(8-23(3)21-10)15-6-16-14(9-24(4)22-16)18(20-15)26-11(2)12-5-17(25)19-7-12/h6,8-9,11-12H,5,7H2,1-4H3,(H,19,25)/t11-,12-/m1/s1. The van der Waals surface area contributed by atoms with Gasteiger partial charge in [-0.2, -0.15) is 10.2 Å². The number of carbonyl (C=O) groups is 1. The van der Waals surface area contributed by atoms with Gasteiger partial charge >= 0.3 is 0 Å². The van der Waals surface area contributed by atoms with Crippen LogP contribution in [0.5, 0.6) is 5.88 Å². The van der Waals surface area contributed by atoms with E-state index in [4.69, 9.17) is 9.72 Å². The van der Waals surface area contributed by atoms with E-state index in [0.29, 0.717) is 18.8 Å². The molecule has 1 aliphatic rings. The van der Waals surface area contributed by atoms with Crippen LogP contribution in [0.1, 0.15) is 19.0 Å². The fourth-order valence-corrected chi connectivity index (χ4v) is 3.42. The maximum absolute atomic E-state index is 11.5. The van der Waals surface area contributed by atoms with Gasteiger partial charge in [0.2, 0.25) is 11.8 Å². The summed E-state index contributed by atoms with van der Waals surface area (Å²) in [6, 6.07) is 1.96. The molecule has 0 aliphatic carbocycles. The van der Waals surface area contributed by atoms with Crippen LogP contribution >= 0.6 is 0 Å². The first-order chi connectivity index (χ1) is 12.4. The molecule has 0 radical (unpaired) electrons. The minimum absolute atomic E-state index is 0.0738. The van der Waals surface area contributed by atoms with E-state index in [0.717, 1.165) is 27.9 Å². The van der Waals surface area contributed by atoms with Crippen LogP contribution in [0.25, 0.3) is 22.2 Å². The average Bonchev–Trinajstić information content (AvgIpc) is 3.25. The van der Waals surface area contributed by atoms with E-state index >= 15 is 0 Å². The SMILES string of the molecule is Cc1nn(C)cc1-c1cc2nn(C)cc2c(O[C@H](C)[C@H]2CNC(=O)C2)n1. The molecule has 0 spiro atoms. The molecule has 0 saturated carbocycles. The van der Waals surface area contributed by atoms with E-state index in [1.165, 1.54) is 0 Å². The molecule has 3 aromatic rings. The van der Waals surface area contributed by atoms with Crippen molar-refractivity contribution in [1.82, 2.24) is 29.9 Å². The van der Waals surface area contributed by atoms with Crippen LogP contribution in [-0.2, 0) is 18.9 Å². The normalized spacial score (nSPS) is 18.3. The number of carbonyl (C=O) groups excluding carboxylic acids is 1. The molecule has 3 aromatic heterocycles. The van der Waals surface area contributed by atoms with Gasteiger partial charge in [-0.05, 0) is 19.9 Å². The maximum atomic E-state index is 11.5. The lowest BCUT2D eigenvalue weighted by molar-refractivity contribution is -0.119. The van der Waals surface area contributed by atoms with Gasteiger partial charge in [-0.3, -0.25) is 14.2 Å². The third-order valence-electron chi connectivity index (χ3n) is 4.84. The van der Waals surface area contributed by atoms with E-state index in [9.17, 15) is 4.79 Å². The Morgan fingerprint density at radius 3 is 2.69 bits per heavy atom. The van der Waals surface area contributed by atoms with Crippen molar-refractivity contribution in [2.45, 2.75) is 26.4 Å². The molecule has 1 fully saturated rings. The predicted octanol–water partition coefficient (Wildman–Crippen LogP) is 1.58. The van der Waals surface area contributed by atoms with Gasteiger partial charge in [0.1, 0.15) is 6.10 Å². The summed E-state index contributed by atoms with van der Waals surface area (Å²) in [4.78, 5) is 16.3. The minimum atomic E-state index is -0.130. The zero-order valence-corrected chi connectivity index (χ0v) is 15.4. The molecular weight excluding hydrogens is 332 g/mol. The molecule has 136 valence electrons. The number of nitrogens with one attached hydrogen (secondary N) is 1. The van der Waals surface area contributed by atoms with Crippen molar-refractivity contribution < 1.29 is 9.53 Å². The van der Waals surface area contributed by atoms with Crippen LogP contribution in [0, 0.1) is 12.8 Å². The van der Waals surface area contributed by atoms with Crippen molar-refractivity contribution in [1.29, 1.82) is 0 Å². The van der Waals surface area contributed by atoms with Gasteiger partial charge < -0.3 is 10.1 Å². The van der Waals surface area contributed by atoms with Crippen LogP contribution < -0.4 is 10.1 Å². The number of fused-ring (bicyclic) bond motifs is 1. The number of hydrogen-bond acceptors (Lipinski definition) is 5. The number of hydrogen-bond donors (Lipinski definition) is 1. The average molecular weight is 354 g/mol. The fourth-order valence-electron chi connectivity index (χ4n) is 3.42. The number of aryl methyl sites for hydroxylation is 3. The molecule has 1 saturated heterocycles. The largest absolute Gasteiger partial charge is 0.474 e. The zero-order chi connectivity index (χ0) is 18.4. The Balaban J connectivity index is 1.75. The number of aromatic nitrogens is 5. The zero-order valence-electron chi connectivity index (χ0n) is 15.4. The molecule has 0 aromatic carbocycles. The number of pyridine rings is 1. The van der Waals surface area contributed by atoms with Gasteiger partial charge in [-0.15, -0.1) is 0 Å². The molecule has 4 heterocycles. The van der Waals surface area contributed by atoms with Crippen molar-refractivity contribution in [3.63, 3.8) is 0 Å². The second-order valence-corrected chi connectivity index (χ2v) is 6.94. The molecule has 4 rings (SSSR count). The first-order valence-electron chi connectivity index (χ1n) is 8.69. The molecule has 2 atom stereocenters. The number of nitrogens with zero attached hydrogens (tertiary/aromatic N) is 5. The molecule has 1 N–H and O–H groups in total. The van der Waals surface area contributed by atoms with Crippen molar-refractivity contribution in [3.8, 4) is 17.1 Å². The molecule has 0 unspecified atom stereocenters. The lowest BCUT2D eigenvalue weighted by atomic mass is 10.0. The summed E-state index contributed by atoms with van der Waals surface area (Å²) < 4.78 is 9.72. The molecule has 1 aliphatic heterocycles. The maximum Gasteiger partial charge on any atom is 0.225 e. The Kier molecular flexibility index (Phi) is 3.90. The second kappa shape index (κ2) is 6.12. The summed E-state index contributed by atoms with van der Waals surface area (Å²) in [6.45, 7) is 4.58. The summed E-state index contributed by atoms with van der Waals surface area (Å²) in [5.74, 6) is 0.755. The molecule has 8 heteroatoms. The highest BCUT2D eigenvalue weighted by molar-refractivity contribution is 5.87. The summed E-state index contributed by atoms with van der Waals surface area (Å²) >= 11 is 0. The van der Waals surface area contributed by atoms with E-state index < -0.39 is 0 Å². The van der Waals surface area contributed by atoms with Crippen LogP contribution in [0.2, 0.25) is 0 Å². The van der Waals surface area contributed by atoms with Crippen molar-refractivity contribution in [3.05, 3.63) is 24.2 Å². The molecule has 26 heavy (non-hydrogen) atoms. The van der Waals surface area contributed by atoms with Gasteiger partial charge in [0.25, 0.3) is 0 Å². The summed E-state index contributed by atoms with van der Waals surface area (Å²) in [6.07, 6.45) is 4.20. The Bertz CT molecular complexity index is 989. The van der Waals surface area contributed by atoms with Crippen LogP contribution in [0.4, 0.5) is 0 Å². The summed E-state index contributed by atoms with van der Waals surface area (Å²) in [5, 5.41) is 12.6. The van der Waals surface area contributed by atoms with Crippen molar-refractivity contribution in [2.24, 2.45) is 20.0 Å². The quantitative estimate of drug-likeness (QED) is 0.769. The lowest BCUT2D eigenvalue weighted by Gasteiger charge is -2.19. The van der Waals surface area contributed by atoms with E-state index in [2.05, 4.69) is 15.5 Å². The minimum Gasteiger partial charge on any atom is -0.474 e. The number of ether oxygens (including phenoxy) is 1. The highest BCUT2D eigenvalue weighted by Crippen LogP contribution is 2.31. The topological polar surface area (TPSA) is 86.9 Å². The Morgan fingerprint density at radius 2 is 2.04 bits per heavy atom. The van der Waals surface area contributed by atoms with Crippen LogP contribution in [-0.4, -0.2) is 43.1 Å². The highest BCUT2D eigenvalue weighted by Gasteiger charge is 2.29. The van der Waals surface area contributed by atoms with Gasteiger partial charge in [-0.25, -0.2) is 4.98 Å². The number of amides is 1. The summed E-state index contributed by atoms with van der Waals surface area (Å²) in [5.41, 5.74) is 3.46. The Morgan fingerprint density at radius 1 is 1.27 bits per heavy atom.